The summed E-state index contributed by atoms with van der Waals surface area (Å²) in [7, 11) is 0. The molecule has 0 bridgehead atoms. The van der Waals surface area contributed by atoms with Gasteiger partial charge in [0.05, 0.1) is 12.1 Å². The second-order valence-electron chi connectivity index (χ2n) is 4.44. The van der Waals surface area contributed by atoms with Crippen molar-refractivity contribution >= 4 is 34.0 Å². The van der Waals surface area contributed by atoms with Crippen molar-refractivity contribution < 1.29 is 0 Å². The Balaban J connectivity index is 1.95. The highest BCUT2D eigenvalue weighted by molar-refractivity contribution is 7.10. The lowest BCUT2D eigenvalue weighted by molar-refractivity contribution is 1.10. The zero-order valence-electron chi connectivity index (χ0n) is 11.1. The Hall–Kier alpha value is -2.18. The fourth-order valence-electron chi connectivity index (χ4n) is 2.03. The maximum absolute atomic E-state index is 5.42. The van der Waals surface area contributed by atoms with Gasteiger partial charge in [-0.1, -0.05) is 12.1 Å². The number of nitrogens with zero attached hydrogens (tertiary/aromatic N) is 2. The SMILES string of the molecule is Cc1ccsc1CNc1nc(NN)nc2ccccc12. The molecular weight excluding hydrogens is 270 g/mol. The number of hydrazine groups is 1. The van der Waals surface area contributed by atoms with E-state index in [9.17, 15) is 0 Å². The number of nitrogens with two attached hydrogens (primary N) is 1. The summed E-state index contributed by atoms with van der Waals surface area (Å²) >= 11 is 1.74. The molecule has 0 amide bonds. The highest BCUT2D eigenvalue weighted by atomic mass is 32.1. The zero-order chi connectivity index (χ0) is 13.9. The highest BCUT2D eigenvalue weighted by Gasteiger charge is 2.07. The monoisotopic (exact) mass is 285 g/mol. The third-order valence-electron chi connectivity index (χ3n) is 3.12. The molecule has 0 saturated carbocycles. The fraction of sp³-hybridized carbons (Fsp3) is 0.143. The molecule has 2 aromatic heterocycles. The quantitative estimate of drug-likeness (QED) is 0.507. The van der Waals surface area contributed by atoms with Crippen LogP contribution in [0.1, 0.15) is 10.4 Å². The lowest BCUT2D eigenvalue weighted by atomic mass is 10.2. The summed E-state index contributed by atoms with van der Waals surface area (Å²) in [6, 6.07) is 9.98. The number of fused-ring (bicyclic) bond motifs is 1. The van der Waals surface area contributed by atoms with Crippen LogP contribution in [-0.2, 0) is 6.54 Å². The number of aromatic nitrogens is 2. The molecule has 0 radical (unpaired) electrons. The van der Waals surface area contributed by atoms with Crippen LogP contribution in [0.5, 0.6) is 0 Å². The van der Waals surface area contributed by atoms with Crippen molar-refractivity contribution in [2.45, 2.75) is 13.5 Å². The van der Waals surface area contributed by atoms with Crippen molar-refractivity contribution in [1.29, 1.82) is 0 Å². The Morgan fingerprint density at radius 3 is 2.80 bits per heavy atom. The number of hydrogen-bond donors (Lipinski definition) is 3. The summed E-state index contributed by atoms with van der Waals surface area (Å²) in [6.45, 7) is 2.85. The van der Waals surface area contributed by atoms with Gasteiger partial charge in [-0.25, -0.2) is 10.8 Å². The van der Waals surface area contributed by atoms with Crippen molar-refractivity contribution in [3.05, 3.63) is 46.2 Å². The molecule has 0 spiro atoms. The van der Waals surface area contributed by atoms with E-state index in [2.05, 4.69) is 39.1 Å². The average Bonchev–Trinajstić information content (AvgIpc) is 2.89. The molecule has 2 heterocycles. The summed E-state index contributed by atoms with van der Waals surface area (Å²) in [5, 5.41) is 6.45. The van der Waals surface area contributed by atoms with E-state index in [0.717, 1.165) is 23.3 Å². The minimum Gasteiger partial charge on any atom is -0.364 e. The number of anilines is 2. The zero-order valence-corrected chi connectivity index (χ0v) is 11.9. The van der Waals surface area contributed by atoms with Crippen LogP contribution < -0.4 is 16.6 Å². The van der Waals surface area contributed by atoms with Gasteiger partial charge in [0.25, 0.3) is 0 Å². The van der Waals surface area contributed by atoms with Gasteiger partial charge in [-0.2, -0.15) is 4.98 Å². The van der Waals surface area contributed by atoms with Crippen LogP contribution in [0.25, 0.3) is 10.9 Å². The average molecular weight is 285 g/mol. The maximum atomic E-state index is 5.42. The van der Waals surface area contributed by atoms with Gasteiger partial charge < -0.3 is 5.32 Å². The van der Waals surface area contributed by atoms with E-state index in [0.29, 0.717) is 5.95 Å². The summed E-state index contributed by atoms with van der Waals surface area (Å²) in [6.07, 6.45) is 0. The number of rotatable bonds is 4. The van der Waals surface area contributed by atoms with Crippen LogP contribution in [0.3, 0.4) is 0 Å². The lowest BCUT2D eigenvalue weighted by Crippen LogP contribution is -2.12. The first-order chi connectivity index (χ1) is 9.78. The second-order valence-corrected chi connectivity index (χ2v) is 5.44. The van der Waals surface area contributed by atoms with E-state index in [1.54, 1.807) is 11.3 Å². The van der Waals surface area contributed by atoms with Crippen LogP contribution in [-0.4, -0.2) is 9.97 Å². The van der Waals surface area contributed by atoms with Crippen molar-refractivity contribution in [2.75, 3.05) is 10.7 Å². The number of nitrogen functional groups attached to an aromatic ring is 1. The molecule has 0 aliphatic rings. The van der Waals surface area contributed by atoms with Crippen molar-refractivity contribution in [2.24, 2.45) is 5.84 Å². The third kappa shape index (κ3) is 2.43. The molecule has 0 unspecified atom stereocenters. The Bertz CT molecular complexity index is 737. The molecule has 102 valence electrons. The second kappa shape index (κ2) is 5.44. The molecule has 1 aromatic carbocycles. The Morgan fingerprint density at radius 2 is 2.05 bits per heavy atom. The minimum absolute atomic E-state index is 0.411. The first kappa shape index (κ1) is 12.8. The number of hydrogen-bond acceptors (Lipinski definition) is 6. The number of para-hydroxylation sites is 1. The summed E-state index contributed by atoms with van der Waals surface area (Å²) in [5.41, 5.74) is 4.66. The summed E-state index contributed by atoms with van der Waals surface area (Å²) in [4.78, 5) is 10.0. The van der Waals surface area contributed by atoms with Crippen LogP contribution >= 0.6 is 11.3 Å². The van der Waals surface area contributed by atoms with Crippen LogP contribution in [0.4, 0.5) is 11.8 Å². The van der Waals surface area contributed by atoms with E-state index in [1.807, 2.05) is 24.3 Å². The standard InChI is InChI=1S/C14H15N5S/c1-9-6-7-20-12(9)8-16-13-10-4-2-3-5-11(10)17-14(18-13)19-15/h2-7H,8,15H2,1H3,(H2,16,17,18,19). The predicted molar refractivity (Wildman–Crippen MR) is 83.7 cm³/mol. The Labute approximate surface area is 120 Å². The molecule has 0 fully saturated rings. The van der Waals surface area contributed by atoms with Crippen LogP contribution in [0.2, 0.25) is 0 Å². The van der Waals surface area contributed by atoms with Crippen molar-refractivity contribution in [1.82, 2.24) is 9.97 Å². The lowest BCUT2D eigenvalue weighted by Gasteiger charge is -2.10. The summed E-state index contributed by atoms with van der Waals surface area (Å²) < 4.78 is 0. The topological polar surface area (TPSA) is 75.9 Å². The van der Waals surface area contributed by atoms with Crippen LogP contribution in [0, 0.1) is 6.92 Å². The van der Waals surface area contributed by atoms with Gasteiger partial charge in [0.15, 0.2) is 0 Å². The predicted octanol–water partition coefficient (Wildman–Crippen LogP) is 2.90. The molecule has 0 aliphatic heterocycles. The Kier molecular flexibility index (Phi) is 3.49. The fourth-order valence-corrected chi connectivity index (χ4v) is 2.87. The van der Waals surface area contributed by atoms with Gasteiger partial charge in [-0.15, -0.1) is 11.3 Å². The number of nitrogens with one attached hydrogen (secondary N) is 2. The minimum atomic E-state index is 0.411. The van der Waals surface area contributed by atoms with Gasteiger partial charge in [0.2, 0.25) is 5.95 Å². The molecule has 20 heavy (non-hydrogen) atoms. The maximum Gasteiger partial charge on any atom is 0.239 e. The van der Waals surface area contributed by atoms with E-state index in [1.165, 1.54) is 10.4 Å². The third-order valence-corrected chi connectivity index (χ3v) is 4.14. The van der Waals surface area contributed by atoms with Gasteiger partial charge >= 0.3 is 0 Å². The first-order valence-electron chi connectivity index (χ1n) is 6.28. The molecular formula is C14H15N5S. The molecule has 0 aliphatic carbocycles. The number of thiophene rings is 1. The normalized spacial score (nSPS) is 10.7. The van der Waals surface area contributed by atoms with Gasteiger partial charge in [-0.05, 0) is 36.1 Å². The van der Waals surface area contributed by atoms with Gasteiger partial charge in [0.1, 0.15) is 5.82 Å². The molecule has 0 atom stereocenters. The van der Waals surface area contributed by atoms with E-state index in [-0.39, 0.29) is 0 Å². The Morgan fingerprint density at radius 1 is 1.20 bits per heavy atom. The van der Waals surface area contributed by atoms with E-state index < -0.39 is 0 Å². The smallest absolute Gasteiger partial charge is 0.239 e. The number of benzene rings is 1. The van der Waals surface area contributed by atoms with E-state index in [4.69, 9.17) is 5.84 Å². The molecule has 3 rings (SSSR count). The summed E-state index contributed by atoms with van der Waals surface area (Å²) in [5.74, 6) is 6.62. The molecule has 5 nitrogen and oxygen atoms in total. The highest BCUT2D eigenvalue weighted by Crippen LogP contribution is 2.23. The largest absolute Gasteiger partial charge is 0.364 e. The molecule has 6 heteroatoms. The molecule has 4 N–H and O–H groups in total. The van der Waals surface area contributed by atoms with Gasteiger partial charge in [0, 0.05) is 10.3 Å². The van der Waals surface area contributed by atoms with E-state index >= 15 is 0 Å². The molecule has 0 saturated heterocycles. The number of aryl methyl sites for hydroxylation is 1. The molecule has 3 aromatic rings. The van der Waals surface area contributed by atoms with Gasteiger partial charge in [-0.3, -0.25) is 5.43 Å². The van der Waals surface area contributed by atoms with Crippen molar-refractivity contribution in [3.63, 3.8) is 0 Å². The van der Waals surface area contributed by atoms with Crippen molar-refractivity contribution in [3.8, 4) is 0 Å². The first-order valence-corrected chi connectivity index (χ1v) is 7.16. The van der Waals surface area contributed by atoms with Crippen LogP contribution in [0.15, 0.2) is 35.7 Å².